The Labute approximate surface area is 481 Å². The normalized spacial score (nSPS) is 16.4. The van der Waals surface area contributed by atoms with Crippen molar-refractivity contribution < 1.29 is 18.3 Å². The second-order valence-corrected chi connectivity index (χ2v) is 24.9. The van der Waals surface area contributed by atoms with Crippen LogP contribution >= 0.6 is 0 Å². The standard InChI is InChI=1S/C68H60N10O4Si/c1(17-37-75-41-57-47-23-7-5-21-45(47)33-35-59(57)79-43-75)3-19-39-81-83(82-40-20-4-2-18-38-76-42-58-48-24-8-6-22-46(48)34-36-60(58)80-44-76)77-65-53-29-13-14-30-54(53)67(77)73-63-51-27-11-12-28-52(51)64(70-63)74-68-56-32-16-15-31-55(56)66(78(68)83)72-62-50-26-10-9-25-49(50)61(69-62)71-65/h5-16,21-36H,1-4,17-20,37-44H2. The smallest absolute Gasteiger partial charge is 0.478 e. The summed E-state index contributed by atoms with van der Waals surface area (Å²) in [5, 5.41) is 8.64. The van der Waals surface area contributed by atoms with Gasteiger partial charge in [0.1, 0.15) is 47.6 Å². The third-order valence-corrected chi connectivity index (χ3v) is 20.3. The molecule has 0 spiro atoms. The first-order valence-electron chi connectivity index (χ1n) is 29.4. The van der Waals surface area contributed by atoms with Crippen LogP contribution in [0.5, 0.6) is 11.5 Å². The molecule has 0 radical (unpaired) electrons. The molecule has 0 fully saturated rings. The highest BCUT2D eigenvalue weighted by Crippen LogP contribution is 2.44. The van der Waals surface area contributed by atoms with Crippen LogP contribution in [-0.2, 0) is 21.9 Å². The molecule has 8 aromatic carbocycles. The van der Waals surface area contributed by atoms with Gasteiger partial charge in [0.25, 0.3) is 0 Å². The second-order valence-electron chi connectivity index (χ2n) is 22.4. The Morgan fingerprint density at radius 3 is 1.20 bits per heavy atom. The summed E-state index contributed by atoms with van der Waals surface area (Å²) in [7, 11) is -4.24. The highest BCUT2D eigenvalue weighted by molar-refractivity contribution is 6.66. The molecule has 0 saturated heterocycles. The number of fused-ring (bicyclic) bond motifs is 20. The summed E-state index contributed by atoms with van der Waals surface area (Å²) in [6.45, 7) is 5.62. The Bertz CT molecular complexity index is 4260. The molecule has 6 aliphatic rings. The molecule has 2 aromatic heterocycles. The predicted molar refractivity (Wildman–Crippen MR) is 330 cm³/mol. The fourth-order valence-corrected chi connectivity index (χ4v) is 16.5. The lowest BCUT2D eigenvalue weighted by molar-refractivity contribution is 0.0938. The maximum atomic E-state index is 7.90. The van der Waals surface area contributed by atoms with Crippen molar-refractivity contribution in [2.75, 3.05) is 39.8 Å². The van der Waals surface area contributed by atoms with Gasteiger partial charge in [-0.25, -0.2) is 30.0 Å². The van der Waals surface area contributed by atoms with Crippen molar-refractivity contribution in [3.05, 3.63) is 214 Å². The molecule has 0 unspecified atom stereocenters. The summed E-state index contributed by atoms with van der Waals surface area (Å²) >= 11 is 0. The molecule has 10 aromatic rings. The predicted octanol–water partition coefficient (Wildman–Crippen LogP) is 12.5. The Kier molecular flexibility index (Phi) is 12.6. The van der Waals surface area contributed by atoms with Gasteiger partial charge in [0.15, 0.2) is 23.3 Å². The largest absolute Gasteiger partial charge is 0.603 e. The molecule has 6 aliphatic heterocycles. The molecule has 15 heteroatoms. The van der Waals surface area contributed by atoms with E-state index in [9.17, 15) is 0 Å². The van der Waals surface area contributed by atoms with Gasteiger partial charge >= 0.3 is 8.88 Å². The monoisotopic (exact) mass is 1110 g/mol. The molecule has 410 valence electrons. The van der Waals surface area contributed by atoms with Crippen molar-refractivity contribution in [3.63, 3.8) is 0 Å². The van der Waals surface area contributed by atoms with Gasteiger partial charge in [-0.2, -0.15) is 0 Å². The van der Waals surface area contributed by atoms with E-state index in [2.05, 4.69) is 164 Å². The van der Waals surface area contributed by atoms with Crippen molar-refractivity contribution in [3.8, 4) is 11.5 Å². The zero-order valence-electron chi connectivity index (χ0n) is 46.1. The van der Waals surface area contributed by atoms with E-state index < -0.39 is 8.88 Å². The number of aromatic nitrogens is 2. The minimum atomic E-state index is -4.24. The van der Waals surface area contributed by atoms with E-state index >= 15 is 0 Å². The molecule has 83 heavy (non-hydrogen) atoms. The lowest BCUT2D eigenvalue weighted by Gasteiger charge is -2.33. The average molecular weight is 1110 g/mol. The van der Waals surface area contributed by atoms with Crippen molar-refractivity contribution >= 4 is 87.0 Å². The summed E-state index contributed by atoms with van der Waals surface area (Å²) in [6, 6.07) is 59.1. The SMILES string of the molecule is c1ccc2c(c1)C1=NC2=Nc2c3ccccc3c3n2[Si](OCCCCCCN2COc4ccc5ccccc5c4C2)(OCCCCCCN2COc4ccc5ccccc5c4C2)n2c(c4ccccc4c2=NC2=NC(=N3)c3ccccc32)=N1. The Hall–Kier alpha value is -8.70. The molecule has 6 bridgehead atoms. The molecular formula is C68H60N10O4Si. The van der Waals surface area contributed by atoms with Crippen LogP contribution in [0.1, 0.15) is 84.7 Å². The first-order chi connectivity index (χ1) is 41.1. The quantitative estimate of drug-likeness (QED) is 0.0700. The number of ether oxygens (including phenoxy) is 2. The lowest BCUT2D eigenvalue weighted by atomic mass is 10.0. The Balaban J connectivity index is 0.772. The molecule has 0 aliphatic carbocycles. The molecule has 16 rings (SSSR count). The van der Waals surface area contributed by atoms with Crippen LogP contribution in [0.15, 0.2) is 200 Å². The van der Waals surface area contributed by atoms with E-state index in [1.54, 1.807) is 0 Å². The van der Waals surface area contributed by atoms with Crippen LogP contribution in [0.3, 0.4) is 0 Å². The fourth-order valence-electron chi connectivity index (χ4n) is 13.1. The number of rotatable bonds is 16. The van der Waals surface area contributed by atoms with Crippen LogP contribution < -0.4 is 20.4 Å². The van der Waals surface area contributed by atoms with E-state index in [1.807, 2.05) is 24.3 Å². The number of hydrogen-bond donors (Lipinski definition) is 0. The van der Waals surface area contributed by atoms with Gasteiger partial charge < -0.3 is 18.3 Å². The zero-order valence-corrected chi connectivity index (χ0v) is 47.1. The average Bonchev–Trinajstić information content (AvgIpc) is 1.75. The van der Waals surface area contributed by atoms with Gasteiger partial charge in [0.05, 0.1) is 0 Å². The highest BCUT2D eigenvalue weighted by Gasteiger charge is 2.53. The van der Waals surface area contributed by atoms with E-state index in [4.69, 9.17) is 48.3 Å². The Morgan fingerprint density at radius 2 is 0.747 bits per heavy atom. The molecule has 14 nitrogen and oxygen atoms in total. The van der Waals surface area contributed by atoms with E-state index in [1.165, 1.54) is 32.7 Å². The summed E-state index contributed by atoms with van der Waals surface area (Å²) in [6.07, 6.45) is 7.64. The molecule has 0 atom stereocenters. The van der Waals surface area contributed by atoms with E-state index in [0.717, 1.165) is 133 Å². The topological polar surface area (TPSA) is 127 Å². The number of aliphatic imine (C=N–C) groups is 4. The summed E-state index contributed by atoms with van der Waals surface area (Å²) in [4.78, 5) is 38.0. The number of hydrogen-bond acceptors (Lipinski definition) is 12. The van der Waals surface area contributed by atoms with Crippen molar-refractivity contribution in [2.45, 2.75) is 64.5 Å². The maximum Gasteiger partial charge on any atom is 0.603 e. The highest BCUT2D eigenvalue weighted by atomic mass is 28.4. The van der Waals surface area contributed by atoms with Crippen molar-refractivity contribution in [2.24, 2.45) is 30.0 Å². The second kappa shape index (κ2) is 20.9. The van der Waals surface area contributed by atoms with Crippen LogP contribution in [0.4, 0.5) is 11.6 Å². The van der Waals surface area contributed by atoms with Gasteiger partial charge in [-0.15, -0.1) is 0 Å². The number of benzene rings is 8. The number of nitrogens with zero attached hydrogens (tertiary/aromatic N) is 10. The molecule has 8 heterocycles. The van der Waals surface area contributed by atoms with Gasteiger partial charge in [0.2, 0.25) is 0 Å². The van der Waals surface area contributed by atoms with E-state index in [0.29, 0.717) is 72.6 Å². The van der Waals surface area contributed by atoms with Gasteiger partial charge in [-0.05, 0) is 59.4 Å². The third-order valence-electron chi connectivity index (χ3n) is 17.2. The van der Waals surface area contributed by atoms with E-state index in [-0.39, 0.29) is 0 Å². The van der Waals surface area contributed by atoms with Gasteiger partial charge in [0, 0.05) is 94.3 Å². The van der Waals surface area contributed by atoms with Crippen LogP contribution in [0, 0.1) is 0 Å². The minimum Gasteiger partial charge on any atom is -0.478 e. The number of amidine groups is 4. The zero-order chi connectivity index (χ0) is 54.8. The van der Waals surface area contributed by atoms with Crippen molar-refractivity contribution in [1.82, 2.24) is 18.3 Å². The third kappa shape index (κ3) is 8.67. The summed E-state index contributed by atoms with van der Waals surface area (Å²) in [5.41, 5.74) is 7.48. The van der Waals surface area contributed by atoms with Crippen molar-refractivity contribution in [1.29, 1.82) is 0 Å². The first-order valence-corrected chi connectivity index (χ1v) is 31.1. The summed E-state index contributed by atoms with van der Waals surface area (Å²) < 4.78 is 32.9. The molecule has 0 amide bonds. The van der Waals surface area contributed by atoms with Gasteiger partial charge in [-0.3, -0.25) is 18.3 Å². The van der Waals surface area contributed by atoms with Crippen LogP contribution in [0.25, 0.3) is 43.1 Å². The minimum absolute atomic E-state index is 0.408. The number of unbranched alkanes of at least 4 members (excludes halogenated alkanes) is 6. The first kappa shape index (κ1) is 50.1. The lowest BCUT2D eigenvalue weighted by Crippen LogP contribution is -2.64. The van der Waals surface area contributed by atoms with Crippen LogP contribution in [-0.4, -0.2) is 90.3 Å². The fraction of sp³-hybridized carbons (Fsp3) is 0.235. The van der Waals surface area contributed by atoms with Crippen LogP contribution in [0.2, 0.25) is 0 Å². The Morgan fingerprint density at radius 1 is 0.361 bits per heavy atom. The molecule has 0 saturated carbocycles. The molecular weight excluding hydrogens is 1050 g/mol. The molecule has 0 N–H and O–H groups in total. The van der Waals surface area contributed by atoms with Gasteiger partial charge in [-0.1, -0.05) is 183 Å². The maximum absolute atomic E-state index is 7.90. The summed E-state index contributed by atoms with van der Waals surface area (Å²) in [5.74, 6) is 5.60.